The summed E-state index contributed by atoms with van der Waals surface area (Å²) in [5.41, 5.74) is 2.48. The van der Waals surface area contributed by atoms with Crippen LogP contribution >= 0.6 is 0 Å². The van der Waals surface area contributed by atoms with Gasteiger partial charge in [0.05, 0.1) is 5.69 Å². The topological polar surface area (TPSA) is 29.9 Å². The summed E-state index contributed by atoms with van der Waals surface area (Å²) in [5.74, 6) is 0.705. The van der Waals surface area contributed by atoms with E-state index in [4.69, 9.17) is 0 Å². The Bertz CT molecular complexity index is 289. The van der Waals surface area contributed by atoms with E-state index in [9.17, 15) is 0 Å². The lowest BCUT2D eigenvalue weighted by atomic mass is 10.2. The summed E-state index contributed by atoms with van der Waals surface area (Å²) in [5, 5.41) is 7.92. The molecule has 0 saturated heterocycles. The van der Waals surface area contributed by atoms with E-state index >= 15 is 0 Å². The first-order valence-electron chi connectivity index (χ1n) is 5.87. The van der Waals surface area contributed by atoms with E-state index in [2.05, 4.69) is 44.3 Å². The minimum absolute atomic E-state index is 0.705. The molecule has 1 rings (SSSR count). The predicted octanol–water partition coefficient (Wildman–Crippen LogP) is 2.35. The maximum atomic E-state index is 4.47. The van der Waals surface area contributed by atoms with Crippen molar-refractivity contribution in [2.75, 3.05) is 6.54 Å². The van der Waals surface area contributed by atoms with Crippen molar-refractivity contribution in [1.82, 2.24) is 15.1 Å². The van der Waals surface area contributed by atoms with Gasteiger partial charge in [-0.2, -0.15) is 5.10 Å². The molecule has 15 heavy (non-hydrogen) atoms. The number of aromatic nitrogens is 2. The Labute approximate surface area is 92.9 Å². The van der Waals surface area contributed by atoms with E-state index in [0.29, 0.717) is 5.92 Å². The number of hydrogen-bond donors (Lipinski definition) is 1. The lowest BCUT2D eigenvalue weighted by Gasteiger charge is -2.05. The van der Waals surface area contributed by atoms with Crippen LogP contribution in [0.1, 0.15) is 38.4 Å². The molecule has 1 aromatic heterocycles. The Kier molecular flexibility index (Phi) is 4.82. The van der Waals surface area contributed by atoms with Gasteiger partial charge in [0.15, 0.2) is 0 Å². The molecule has 86 valence electrons. The summed E-state index contributed by atoms with van der Waals surface area (Å²) in [6, 6.07) is 0. The van der Waals surface area contributed by atoms with E-state index in [0.717, 1.165) is 31.7 Å². The Morgan fingerprint density at radius 2 is 2.20 bits per heavy atom. The normalized spacial score (nSPS) is 11.3. The van der Waals surface area contributed by atoms with E-state index < -0.39 is 0 Å². The molecule has 0 atom stereocenters. The summed E-state index contributed by atoms with van der Waals surface area (Å²) in [6.07, 6.45) is 3.30. The molecule has 0 bridgehead atoms. The highest BCUT2D eigenvalue weighted by atomic mass is 15.3. The van der Waals surface area contributed by atoms with Crippen molar-refractivity contribution in [3.8, 4) is 0 Å². The van der Waals surface area contributed by atoms with Crippen molar-refractivity contribution in [3.05, 3.63) is 17.5 Å². The Balaban J connectivity index is 2.46. The van der Waals surface area contributed by atoms with Crippen LogP contribution < -0.4 is 5.32 Å². The summed E-state index contributed by atoms with van der Waals surface area (Å²) >= 11 is 0. The molecule has 3 nitrogen and oxygen atoms in total. The van der Waals surface area contributed by atoms with Gasteiger partial charge in [-0.25, -0.2) is 0 Å². The van der Waals surface area contributed by atoms with Gasteiger partial charge in [-0.15, -0.1) is 0 Å². The molecule has 1 aromatic rings. The minimum Gasteiger partial charge on any atom is -0.312 e. The maximum absolute atomic E-state index is 4.47. The maximum Gasteiger partial charge on any atom is 0.0638 e. The molecular weight excluding hydrogens is 186 g/mol. The van der Waals surface area contributed by atoms with Crippen LogP contribution in [0, 0.1) is 12.8 Å². The minimum atomic E-state index is 0.705. The summed E-state index contributed by atoms with van der Waals surface area (Å²) in [7, 11) is 0. The van der Waals surface area contributed by atoms with Crippen molar-refractivity contribution < 1.29 is 0 Å². The van der Waals surface area contributed by atoms with Crippen molar-refractivity contribution in [2.45, 2.75) is 47.2 Å². The molecule has 0 aliphatic heterocycles. The number of rotatable bonds is 6. The van der Waals surface area contributed by atoms with Gasteiger partial charge in [0, 0.05) is 24.8 Å². The van der Waals surface area contributed by atoms with Crippen molar-refractivity contribution in [2.24, 2.45) is 5.92 Å². The molecule has 3 heteroatoms. The summed E-state index contributed by atoms with van der Waals surface area (Å²) in [6.45, 7) is 11.7. The number of hydrogen-bond acceptors (Lipinski definition) is 2. The Morgan fingerprint density at radius 3 is 2.80 bits per heavy atom. The van der Waals surface area contributed by atoms with Gasteiger partial charge in [-0.1, -0.05) is 20.8 Å². The first-order chi connectivity index (χ1) is 7.13. The molecule has 0 amide bonds. The van der Waals surface area contributed by atoms with Crippen LogP contribution in [0.2, 0.25) is 0 Å². The number of nitrogens with zero attached hydrogens (tertiary/aromatic N) is 2. The van der Waals surface area contributed by atoms with E-state index in [-0.39, 0.29) is 0 Å². The largest absolute Gasteiger partial charge is 0.312 e. The van der Waals surface area contributed by atoms with Crippen molar-refractivity contribution >= 4 is 0 Å². The zero-order valence-corrected chi connectivity index (χ0v) is 10.4. The smallest absolute Gasteiger partial charge is 0.0638 e. The molecule has 1 heterocycles. The fourth-order valence-electron chi connectivity index (χ4n) is 1.57. The molecule has 0 saturated carbocycles. The third kappa shape index (κ3) is 4.04. The average molecular weight is 209 g/mol. The highest BCUT2D eigenvalue weighted by molar-refractivity contribution is 5.14. The number of nitrogens with one attached hydrogen (secondary N) is 1. The molecule has 1 N–H and O–H groups in total. The van der Waals surface area contributed by atoms with Gasteiger partial charge in [0.1, 0.15) is 0 Å². The summed E-state index contributed by atoms with van der Waals surface area (Å²) < 4.78 is 2.04. The highest BCUT2D eigenvalue weighted by Crippen LogP contribution is 2.05. The molecule has 0 fully saturated rings. The molecular formula is C12H23N3. The monoisotopic (exact) mass is 209 g/mol. The lowest BCUT2D eigenvalue weighted by Crippen LogP contribution is -2.19. The van der Waals surface area contributed by atoms with Gasteiger partial charge in [0.2, 0.25) is 0 Å². The van der Waals surface area contributed by atoms with Gasteiger partial charge in [-0.3, -0.25) is 4.68 Å². The van der Waals surface area contributed by atoms with Gasteiger partial charge in [-0.05, 0) is 25.8 Å². The fraction of sp³-hybridized carbons (Fsp3) is 0.750. The Morgan fingerprint density at radius 1 is 1.47 bits per heavy atom. The van der Waals surface area contributed by atoms with Crippen molar-refractivity contribution in [3.63, 3.8) is 0 Å². The van der Waals surface area contributed by atoms with Crippen LogP contribution in [0.3, 0.4) is 0 Å². The summed E-state index contributed by atoms with van der Waals surface area (Å²) in [4.78, 5) is 0. The lowest BCUT2D eigenvalue weighted by molar-refractivity contribution is 0.551. The van der Waals surface area contributed by atoms with Crippen LogP contribution in [0.4, 0.5) is 0 Å². The molecule has 0 aromatic carbocycles. The zero-order valence-electron chi connectivity index (χ0n) is 10.4. The van der Waals surface area contributed by atoms with Crippen molar-refractivity contribution in [1.29, 1.82) is 0 Å². The third-order valence-electron chi connectivity index (χ3n) is 2.37. The quantitative estimate of drug-likeness (QED) is 0.779. The SMILES string of the molecule is CCCn1cc(CNCC(C)C)c(C)n1. The number of aryl methyl sites for hydroxylation is 2. The molecule has 0 aliphatic rings. The van der Waals surface area contributed by atoms with Gasteiger partial charge >= 0.3 is 0 Å². The molecule has 0 aliphatic carbocycles. The predicted molar refractivity (Wildman–Crippen MR) is 63.8 cm³/mol. The molecule has 0 spiro atoms. The Hall–Kier alpha value is -0.830. The van der Waals surface area contributed by atoms with Gasteiger partial charge in [0.25, 0.3) is 0 Å². The van der Waals surface area contributed by atoms with Crippen LogP contribution in [0.25, 0.3) is 0 Å². The first kappa shape index (κ1) is 12.2. The molecule has 0 unspecified atom stereocenters. The zero-order chi connectivity index (χ0) is 11.3. The van der Waals surface area contributed by atoms with E-state index in [1.165, 1.54) is 5.56 Å². The van der Waals surface area contributed by atoms with E-state index in [1.54, 1.807) is 0 Å². The highest BCUT2D eigenvalue weighted by Gasteiger charge is 2.03. The van der Waals surface area contributed by atoms with Gasteiger partial charge < -0.3 is 5.32 Å². The van der Waals surface area contributed by atoms with E-state index in [1.807, 2.05) is 4.68 Å². The molecule has 0 radical (unpaired) electrons. The average Bonchev–Trinajstić information content (AvgIpc) is 2.47. The van der Waals surface area contributed by atoms with Crippen LogP contribution in [0.15, 0.2) is 6.20 Å². The van der Waals surface area contributed by atoms with Crippen LogP contribution in [-0.2, 0) is 13.1 Å². The second-order valence-corrected chi connectivity index (χ2v) is 4.53. The second kappa shape index (κ2) is 5.91. The standard InChI is InChI=1S/C12H23N3/c1-5-6-15-9-12(11(4)14-15)8-13-7-10(2)3/h9-10,13H,5-8H2,1-4H3. The van der Waals surface area contributed by atoms with Crippen LogP contribution in [0.5, 0.6) is 0 Å². The fourth-order valence-corrected chi connectivity index (χ4v) is 1.57. The second-order valence-electron chi connectivity index (χ2n) is 4.53. The van der Waals surface area contributed by atoms with Crippen LogP contribution in [-0.4, -0.2) is 16.3 Å². The first-order valence-corrected chi connectivity index (χ1v) is 5.87. The third-order valence-corrected chi connectivity index (χ3v) is 2.37.